The van der Waals surface area contributed by atoms with Crippen molar-refractivity contribution in [2.45, 2.75) is 6.61 Å². The van der Waals surface area contributed by atoms with Gasteiger partial charge in [-0.05, 0) is 12.1 Å². The monoisotopic (exact) mass is 236 g/mol. The fourth-order valence-electron chi connectivity index (χ4n) is 1.37. The molecule has 6 nitrogen and oxygen atoms in total. The van der Waals surface area contributed by atoms with Crippen molar-refractivity contribution in [3.63, 3.8) is 0 Å². The molecule has 0 saturated heterocycles. The van der Waals surface area contributed by atoms with Crippen LogP contribution in [0.3, 0.4) is 0 Å². The van der Waals surface area contributed by atoms with E-state index >= 15 is 0 Å². The number of aromatic nitrogens is 2. The van der Waals surface area contributed by atoms with E-state index in [1.54, 1.807) is 32.4 Å². The highest BCUT2D eigenvalue weighted by Crippen LogP contribution is 2.28. The molecule has 2 rings (SSSR count). The summed E-state index contributed by atoms with van der Waals surface area (Å²) in [7, 11) is 3.12. The van der Waals surface area contributed by atoms with Gasteiger partial charge in [-0.25, -0.2) is 0 Å². The smallest absolute Gasteiger partial charge is 0.258 e. The van der Waals surface area contributed by atoms with Crippen LogP contribution in [0.2, 0.25) is 0 Å². The van der Waals surface area contributed by atoms with Crippen LogP contribution in [0.4, 0.5) is 0 Å². The van der Waals surface area contributed by atoms with Gasteiger partial charge >= 0.3 is 0 Å². The van der Waals surface area contributed by atoms with E-state index in [0.717, 1.165) is 0 Å². The quantitative estimate of drug-likeness (QED) is 0.860. The Labute approximate surface area is 97.8 Å². The van der Waals surface area contributed by atoms with Crippen molar-refractivity contribution in [2.24, 2.45) is 0 Å². The zero-order valence-electron chi connectivity index (χ0n) is 9.51. The second-order valence-corrected chi connectivity index (χ2v) is 3.28. The Hall–Kier alpha value is -2.08. The molecule has 0 fully saturated rings. The first-order valence-corrected chi connectivity index (χ1v) is 4.93. The number of benzene rings is 1. The maximum absolute atomic E-state index is 8.86. The van der Waals surface area contributed by atoms with Gasteiger partial charge in [-0.3, -0.25) is 0 Å². The molecule has 0 aliphatic rings. The minimum absolute atomic E-state index is 0.238. The zero-order valence-corrected chi connectivity index (χ0v) is 9.51. The van der Waals surface area contributed by atoms with Crippen molar-refractivity contribution in [2.75, 3.05) is 14.2 Å². The Balaban J connectivity index is 2.43. The maximum Gasteiger partial charge on any atom is 0.258 e. The Bertz CT molecular complexity index is 488. The van der Waals surface area contributed by atoms with Gasteiger partial charge < -0.3 is 19.1 Å². The van der Waals surface area contributed by atoms with Gasteiger partial charge in [0.2, 0.25) is 0 Å². The molecular formula is C11H12N2O4. The van der Waals surface area contributed by atoms with Gasteiger partial charge in [0.25, 0.3) is 5.89 Å². The molecular weight excluding hydrogens is 224 g/mol. The Morgan fingerprint density at radius 1 is 1.18 bits per heavy atom. The van der Waals surface area contributed by atoms with E-state index in [2.05, 4.69) is 10.1 Å². The molecule has 0 aliphatic heterocycles. The van der Waals surface area contributed by atoms with Crippen molar-refractivity contribution >= 4 is 0 Å². The van der Waals surface area contributed by atoms with E-state index in [1.165, 1.54) is 0 Å². The van der Waals surface area contributed by atoms with Crippen molar-refractivity contribution in [3.8, 4) is 23.0 Å². The summed E-state index contributed by atoms with van der Waals surface area (Å²) in [5.74, 6) is 1.80. The summed E-state index contributed by atoms with van der Waals surface area (Å²) in [5, 5.41) is 12.5. The minimum Gasteiger partial charge on any atom is -0.497 e. The zero-order chi connectivity index (χ0) is 12.3. The molecule has 6 heteroatoms. The number of rotatable bonds is 4. The molecule has 0 atom stereocenters. The van der Waals surface area contributed by atoms with Crippen LogP contribution in [-0.4, -0.2) is 29.5 Å². The summed E-state index contributed by atoms with van der Waals surface area (Å²) >= 11 is 0. The maximum atomic E-state index is 8.86. The lowest BCUT2D eigenvalue weighted by atomic mass is 10.2. The molecule has 0 spiro atoms. The third kappa shape index (κ3) is 2.36. The third-order valence-corrected chi connectivity index (χ3v) is 2.21. The van der Waals surface area contributed by atoms with Crippen LogP contribution in [0.25, 0.3) is 11.5 Å². The standard InChI is InChI=1S/C11H12N2O4/c1-15-8-3-7(4-9(5-8)16-2)11-12-10(6-14)13-17-11/h3-5,14H,6H2,1-2H3. The highest BCUT2D eigenvalue weighted by molar-refractivity contribution is 5.59. The molecule has 0 radical (unpaired) electrons. The van der Waals surface area contributed by atoms with E-state index in [1.807, 2.05) is 0 Å². The number of ether oxygens (including phenoxy) is 2. The number of nitrogens with zero attached hydrogens (tertiary/aromatic N) is 2. The Kier molecular flexibility index (Phi) is 3.24. The van der Waals surface area contributed by atoms with Gasteiger partial charge in [-0.2, -0.15) is 4.98 Å². The highest BCUT2D eigenvalue weighted by atomic mass is 16.5. The van der Waals surface area contributed by atoms with E-state index in [0.29, 0.717) is 23.0 Å². The molecule has 17 heavy (non-hydrogen) atoms. The fourth-order valence-corrected chi connectivity index (χ4v) is 1.37. The van der Waals surface area contributed by atoms with Gasteiger partial charge in [0.1, 0.15) is 18.1 Å². The normalized spacial score (nSPS) is 10.3. The van der Waals surface area contributed by atoms with Gasteiger partial charge in [-0.15, -0.1) is 0 Å². The van der Waals surface area contributed by atoms with Crippen molar-refractivity contribution in [3.05, 3.63) is 24.0 Å². The summed E-state index contributed by atoms with van der Waals surface area (Å²) in [6, 6.07) is 5.24. The lowest BCUT2D eigenvalue weighted by Crippen LogP contribution is -1.89. The van der Waals surface area contributed by atoms with E-state index in [9.17, 15) is 0 Å². The number of hydrogen-bond donors (Lipinski definition) is 1. The van der Waals surface area contributed by atoms with Crippen LogP contribution >= 0.6 is 0 Å². The second-order valence-electron chi connectivity index (χ2n) is 3.28. The largest absolute Gasteiger partial charge is 0.497 e. The first-order valence-electron chi connectivity index (χ1n) is 4.93. The summed E-state index contributed by atoms with van der Waals surface area (Å²) in [6.45, 7) is -0.259. The number of hydrogen-bond acceptors (Lipinski definition) is 6. The van der Waals surface area contributed by atoms with Crippen molar-refractivity contribution in [1.82, 2.24) is 10.1 Å². The van der Waals surface area contributed by atoms with E-state index < -0.39 is 0 Å². The predicted molar refractivity (Wildman–Crippen MR) is 58.8 cm³/mol. The first-order chi connectivity index (χ1) is 8.26. The number of aliphatic hydroxyl groups is 1. The van der Waals surface area contributed by atoms with Gasteiger partial charge in [0.05, 0.1) is 14.2 Å². The van der Waals surface area contributed by atoms with Gasteiger partial charge in [0, 0.05) is 11.6 Å². The van der Waals surface area contributed by atoms with Gasteiger partial charge in [-0.1, -0.05) is 5.16 Å². The van der Waals surface area contributed by atoms with E-state index in [4.69, 9.17) is 19.1 Å². The summed E-state index contributed by atoms with van der Waals surface area (Å²) < 4.78 is 15.3. The lowest BCUT2D eigenvalue weighted by Gasteiger charge is -2.05. The predicted octanol–water partition coefficient (Wildman–Crippen LogP) is 1.25. The summed E-state index contributed by atoms with van der Waals surface area (Å²) in [4.78, 5) is 4.01. The second kappa shape index (κ2) is 4.84. The lowest BCUT2D eigenvalue weighted by molar-refractivity contribution is 0.264. The molecule has 1 heterocycles. The SMILES string of the molecule is COc1cc(OC)cc(-c2nc(CO)no2)c1. The number of methoxy groups -OCH3 is 2. The molecule has 0 saturated carbocycles. The topological polar surface area (TPSA) is 77.6 Å². The summed E-state index contributed by atoms with van der Waals surface area (Å²) in [5.41, 5.74) is 0.674. The first kappa shape index (κ1) is 11.4. The van der Waals surface area contributed by atoms with Crippen LogP contribution in [0.5, 0.6) is 11.5 Å². The molecule has 1 aromatic heterocycles. The number of aliphatic hydroxyl groups excluding tert-OH is 1. The average Bonchev–Trinajstić information content (AvgIpc) is 2.86. The Morgan fingerprint density at radius 2 is 1.82 bits per heavy atom. The van der Waals surface area contributed by atoms with Crippen LogP contribution in [0, 0.1) is 0 Å². The van der Waals surface area contributed by atoms with E-state index in [-0.39, 0.29) is 12.4 Å². The molecule has 1 N–H and O–H groups in total. The Morgan fingerprint density at radius 3 is 2.29 bits per heavy atom. The van der Waals surface area contributed by atoms with Crippen LogP contribution in [0.1, 0.15) is 5.82 Å². The molecule has 0 unspecified atom stereocenters. The molecule has 0 amide bonds. The molecule has 2 aromatic rings. The van der Waals surface area contributed by atoms with Crippen molar-refractivity contribution in [1.29, 1.82) is 0 Å². The molecule has 0 bridgehead atoms. The van der Waals surface area contributed by atoms with Crippen LogP contribution in [-0.2, 0) is 6.61 Å². The van der Waals surface area contributed by atoms with Crippen LogP contribution in [0.15, 0.2) is 22.7 Å². The fraction of sp³-hybridized carbons (Fsp3) is 0.273. The molecule has 90 valence electrons. The minimum atomic E-state index is -0.259. The average molecular weight is 236 g/mol. The molecule has 1 aromatic carbocycles. The molecule has 0 aliphatic carbocycles. The van der Waals surface area contributed by atoms with Crippen molar-refractivity contribution < 1.29 is 19.1 Å². The summed E-state index contributed by atoms with van der Waals surface area (Å²) in [6.07, 6.45) is 0. The van der Waals surface area contributed by atoms with Crippen LogP contribution < -0.4 is 9.47 Å². The van der Waals surface area contributed by atoms with Gasteiger partial charge in [0.15, 0.2) is 5.82 Å². The third-order valence-electron chi connectivity index (χ3n) is 2.21. The highest BCUT2D eigenvalue weighted by Gasteiger charge is 2.11.